The average Bonchev–Trinajstić information content (AvgIpc) is 0. The summed E-state index contributed by atoms with van der Waals surface area (Å²) in [4.78, 5) is 0. The molecule has 0 aromatic carbocycles. The molecule has 0 saturated carbocycles. The zero-order valence-electron chi connectivity index (χ0n) is 1.58. The van der Waals surface area contributed by atoms with Gasteiger partial charge in [0.2, 0.25) is 0 Å². The summed E-state index contributed by atoms with van der Waals surface area (Å²) in [5.41, 5.74) is 0. The monoisotopic (exact) mass is 223 g/mol. The van der Waals surface area contributed by atoms with Gasteiger partial charge < -0.3 is 5.48 Å². The van der Waals surface area contributed by atoms with E-state index in [1.54, 1.807) is 0 Å². The van der Waals surface area contributed by atoms with Crippen molar-refractivity contribution in [2.45, 2.75) is 0 Å². The van der Waals surface area contributed by atoms with Crippen LogP contribution in [0.15, 0.2) is 0 Å². The Bertz CT molecular complexity index is 8.00. The molecule has 0 N–H and O–H groups in total. The summed E-state index contributed by atoms with van der Waals surface area (Å²) in [6.45, 7) is 0. The topological polar surface area (TPSA) is 28.5 Å². The number of hydrogen-bond acceptors (Lipinski definition) is 0. The van der Waals surface area contributed by atoms with Crippen LogP contribution in [0, 0.1) is 0 Å². The van der Waals surface area contributed by atoms with E-state index in [1.807, 2.05) is 0 Å². The van der Waals surface area contributed by atoms with Crippen molar-refractivity contribution >= 4 is 0 Å². The minimum absolute atomic E-state index is 0. The van der Waals surface area contributed by atoms with Gasteiger partial charge in [-0.1, -0.05) is 0 Å². The second-order valence-corrected chi connectivity index (χ2v) is 0. The SMILES string of the molecule is [Mo+4].[Ni+2].[O-2].[V]. The third kappa shape index (κ3) is 9.29. The van der Waals surface area contributed by atoms with E-state index in [0.29, 0.717) is 0 Å². The molecule has 0 aliphatic carbocycles. The molecule has 0 heterocycles. The summed E-state index contributed by atoms with van der Waals surface area (Å²) in [7, 11) is 0. The molecule has 1 nitrogen and oxygen atoms in total. The minimum Gasteiger partial charge on any atom is -2.00 e. The molecule has 0 amide bonds. The van der Waals surface area contributed by atoms with Gasteiger partial charge in [-0.25, -0.2) is 0 Å². The van der Waals surface area contributed by atoms with Crippen LogP contribution >= 0.6 is 0 Å². The molecule has 0 fully saturated rings. The Hall–Kier alpha value is 1.73. The van der Waals surface area contributed by atoms with Crippen molar-refractivity contribution < 1.29 is 61.6 Å². The Morgan fingerprint density at radius 3 is 1.00 bits per heavy atom. The number of hydrogen-bond donors (Lipinski definition) is 0. The molecule has 0 aromatic rings. The summed E-state index contributed by atoms with van der Waals surface area (Å²) < 4.78 is 0. The van der Waals surface area contributed by atoms with Crippen LogP contribution in [-0.2, 0) is 61.6 Å². The molecular weight excluding hydrogens is 222 g/mol. The van der Waals surface area contributed by atoms with Gasteiger partial charge in [-0.3, -0.25) is 0 Å². The molecule has 0 rings (SSSR count). The fourth-order valence-electron chi connectivity index (χ4n) is 0. The molecule has 0 bridgehead atoms. The fourth-order valence-corrected chi connectivity index (χ4v) is 0. The first kappa shape index (κ1) is 42.9. The molecule has 23 valence electrons. The summed E-state index contributed by atoms with van der Waals surface area (Å²) in [5.74, 6) is 0. The van der Waals surface area contributed by atoms with Crippen molar-refractivity contribution in [1.82, 2.24) is 0 Å². The fraction of sp³-hybridized carbons (Fsp3) is 0. The first-order chi connectivity index (χ1) is 0. The Morgan fingerprint density at radius 2 is 1.00 bits per heavy atom. The van der Waals surface area contributed by atoms with Gasteiger partial charge in [-0.15, -0.1) is 0 Å². The third-order valence-corrected chi connectivity index (χ3v) is 0. The van der Waals surface area contributed by atoms with E-state index < -0.39 is 0 Å². The average molecular weight is 222 g/mol. The van der Waals surface area contributed by atoms with Crippen molar-refractivity contribution in [3.05, 3.63) is 0 Å². The van der Waals surface area contributed by atoms with Crippen LogP contribution in [0.3, 0.4) is 0 Å². The van der Waals surface area contributed by atoms with Crippen molar-refractivity contribution in [3.8, 4) is 0 Å². The standard InChI is InChI=1S/Mo.Ni.O.V/q+4;+2;-2;. The summed E-state index contributed by atoms with van der Waals surface area (Å²) in [6, 6.07) is 0. The van der Waals surface area contributed by atoms with E-state index in [4.69, 9.17) is 0 Å². The van der Waals surface area contributed by atoms with Gasteiger partial charge in [0, 0.05) is 18.6 Å². The van der Waals surface area contributed by atoms with E-state index in [0.717, 1.165) is 0 Å². The Balaban J connectivity index is 0. The summed E-state index contributed by atoms with van der Waals surface area (Å²) in [5, 5.41) is 0. The maximum Gasteiger partial charge on any atom is 4.00 e. The molecule has 1 radical (unpaired) electrons. The maximum atomic E-state index is 0. The van der Waals surface area contributed by atoms with Gasteiger partial charge in [0.25, 0.3) is 0 Å². The Labute approximate surface area is 61.3 Å². The third-order valence-electron chi connectivity index (χ3n) is 0. The molecule has 0 spiro atoms. The molecule has 4 heteroatoms. The summed E-state index contributed by atoms with van der Waals surface area (Å²) >= 11 is 0. The zero-order chi connectivity index (χ0) is 0. The van der Waals surface area contributed by atoms with Crippen LogP contribution < -0.4 is 0 Å². The maximum absolute atomic E-state index is 0. The largest absolute Gasteiger partial charge is 4.00 e. The van der Waals surface area contributed by atoms with Crippen LogP contribution in [-0.4, -0.2) is 0 Å². The van der Waals surface area contributed by atoms with Gasteiger partial charge >= 0.3 is 37.6 Å². The molecule has 0 aromatic heterocycles. The van der Waals surface area contributed by atoms with Gasteiger partial charge in [0.15, 0.2) is 0 Å². The van der Waals surface area contributed by atoms with Gasteiger partial charge in [0.1, 0.15) is 0 Å². The molecule has 0 atom stereocenters. The van der Waals surface area contributed by atoms with Crippen molar-refractivity contribution in [3.63, 3.8) is 0 Å². The van der Waals surface area contributed by atoms with E-state index in [1.165, 1.54) is 0 Å². The van der Waals surface area contributed by atoms with Crippen LogP contribution in [0.25, 0.3) is 0 Å². The van der Waals surface area contributed by atoms with Gasteiger partial charge in [-0.05, 0) is 0 Å². The normalized spacial score (nSPS) is 0. The predicted molar refractivity (Wildman–Crippen MR) is 0.686 cm³/mol. The predicted octanol–water partition coefficient (Wildman–Crippen LogP) is -0.126. The van der Waals surface area contributed by atoms with E-state index in [2.05, 4.69) is 0 Å². The van der Waals surface area contributed by atoms with E-state index in [9.17, 15) is 0 Å². The smallest absolute Gasteiger partial charge is 2.00 e. The molecule has 0 unspecified atom stereocenters. The van der Waals surface area contributed by atoms with Crippen LogP contribution in [0.4, 0.5) is 0 Å². The summed E-state index contributed by atoms with van der Waals surface area (Å²) in [6.07, 6.45) is 0. The van der Waals surface area contributed by atoms with Crippen LogP contribution in [0.2, 0.25) is 0 Å². The molecule has 0 aliphatic heterocycles. The Kier molecular flexibility index (Phi) is 236. The minimum atomic E-state index is 0. The zero-order valence-corrected chi connectivity index (χ0v) is 5.97. The molecule has 4 heavy (non-hydrogen) atoms. The van der Waals surface area contributed by atoms with Gasteiger partial charge in [-0.2, -0.15) is 0 Å². The quantitative estimate of drug-likeness (QED) is 0.510. The van der Waals surface area contributed by atoms with E-state index >= 15 is 0 Å². The van der Waals surface area contributed by atoms with Crippen molar-refractivity contribution in [2.24, 2.45) is 0 Å². The van der Waals surface area contributed by atoms with Crippen LogP contribution in [0.5, 0.6) is 0 Å². The molecular formula is MoNiOV+4. The second-order valence-electron chi connectivity index (χ2n) is 0. The first-order valence-corrected chi connectivity index (χ1v) is 0. The van der Waals surface area contributed by atoms with E-state index in [-0.39, 0.29) is 61.6 Å². The number of rotatable bonds is 0. The first-order valence-electron chi connectivity index (χ1n) is 0. The Morgan fingerprint density at radius 1 is 1.00 bits per heavy atom. The molecule has 0 saturated heterocycles. The van der Waals surface area contributed by atoms with Crippen molar-refractivity contribution in [1.29, 1.82) is 0 Å². The van der Waals surface area contributed by atoms with Crippen molar-refractivity contribution in [2.75, 3.05) is 0 Å². The molecule has 0 aliphatic rings. The van der Waals surface area contributed by atoms with Gasteiger partial charge in [0.05, 0.1) is 0 Å². The second kappa shape index (κ2) is 22.0. The van der Waals surface area contributed by atoms with Crippen LogP contribution in [0.1, 0.15) is 0 Å².